The standard InChI is InChI=1S/C17H19NO3S/c1-3-21-16(19)11-14(13-8-6-12(2)7-9-13)18-17(20)15-5-4-10-22-15/h4-10,14H,3,11H2,1-2H3,(H,18,20)/t14-/m1/s1. The van der Waals surface area contributed by atoms with Crippen molar-refractivity contribution in [2.45, 2.75) is 26.3 Å². The van der Waals surface area contributed by atoms with Crippen molar-refractivity contribution in [1.29, 1.82) is 0 Å². The predicted octanol–water partition coefficient (Wildman–Crippen LogP) is 3.48. The lowest BCUT2D eigenvalue weighted by atomic mass is 10.0. The summed E-state index contributed by atoms with van der Waals surface area (Å²) in [6.45, 7) is 4.09. The van der Waals surface area contributed by atoms with Gasteiger partial charge in [-0.15, -0.1) is 11.3 Å². The molecule has 0 fully saturated rings. The fraction of sp³-hybridized carbons (Fsp3) is 0.294. The van der Waals surface area contributed by atoms with Crippen LogP contribution in [0.1, 0.15) is 40.2 Å². The van der Waals surface area contributed by atoms with Gasteiger partial charge in [-0.2, -0.15) is 0 Å². The van der Waals surface area contributed by atoms with Gasteiger partial charge in [0.1, 0.15) is 0 Å². The number of thiophene rings is 1. The van der Waals surface area contributed by atoms with Crippen LogP contribution in [0, 0.1) is 6.92 Å². The molecule has 2 aromatic rings. The van der Waals surface area contributed by atoms with Crippen molar-refractivity contribution in [3.63, 3.8) is 0 Å². The Hall–Kier alpha value is -2.14. The van der Waals surface area contributed by atoms with E-state index in [-0.39, 0.29) is 18.3 Å². The molecular weight excluding hydrogens is 298 g/mol. The van der Waals surface area contributed by atoms with Crippen LogP contribution in [0.15, 0.2) is 41.8 Å². The van der Waals surface area contributed by atoms with Crippen molar-refractivity contribution in [2.75, 3.05) is 6.61 Å². The average molecular weight is 317 g/mol. The maximum atomic E-state index is 12.2. The second-order valence-corrected chi connectivity index (χ2v) is 5.87. The van der Waals surface area contributed by atoms with Crippen molar-refractivity contribution >= 4 is 23.2 Å². The summed E-state index contributed by atoms with van der Waals surface area (Å²) in [4.78, 5) is 24.7. The molecule has 1 aromatic heterocycles. The quantitative estimate of drug-likeness (QED) is 0.830. The third-order valence-corrected chi connectivity index (χ3v) is 4.07. The zero-order chi connectivity index (χ0) is 15.9. The van der Waals surface area contributed by atoms with E-state index in [0.717, 1.165) is 11.1 Å². The van der Waals surface area contributed by atoms with Crippen molar-refractivity contribution < 1.29 is 14.3 Å². The van der Waals surface area contributed by atoms with E-state index in [2.05, 4.69) is 5.32 Å². The topological polar surface area (TPSA) is 55.4 Å². The number of ether oxygens (including phenoxy) is 1. The van der Waals surface area contributed by atoms with Crippen molar-refractivity contribution in [1.82, 2.24) is 5.32 Å². The van der Waals surface area contributed by atoms with Gasteiger partial charge in [-0.3, -0.25) is 9.59 Å². The van der Waals surface area contributed by atoms with Gasteiger partial charge in [0.15, 0.2) is 0 Å². The summed E-state index contributed by atoms with van der Waals surface area (Å²) < 4.78 is 5.00. The highest BCUT2D eigenvalue weighted by Gasteiger charge is 2.20. The van der Waals surface area contributed by atoms with Gasteiger partial charge < -0.3 is 10.1 Å². The third-order valence-electron chi connectivity index (χ3n) is 3.21. The van der Waals surface area contributed by atoms with Crippen LogP contribution in [-0.4, -0.2) is 18.5 Å². The predicted molar refractivity (Wildman–Crippen MR) is 87.0 cm³/mol. The Balaban J connectivity index is 2.15. The van der Waals surface area contributed by atoms with Crippen LogP contribution in [-0.2, 0) is 9.53 Å². The Morgan fingerprint density at radius 2 is 1.95 bits per heavy atom. The number of rotatable bonds is 6. The van der Waals surface area contributed by atoms with Crippen LogP contribution in [0.4, 0.5) is 0 Å². The molecule has 116 valence electrons. The Bertz CT molecular complexity index is 620. The number of amides is 1. The molecule has 0 saturated heterocycles. The number of hydrogen-bond acceptors (Lipinski definition) is 4. The summed E-state index contributed by atoms with van der Waals surface area (Å²) in [5.74, 6) is -0.496. The maximum Gasteiger partial charge on any atom is 0.308 e. The lowest BCUT2D eigenvalue weighted by molar-refractivity contribution is -0.143. The first-order valence-electron chi connectivity index (χ1n) is 7.16. The van der Waals surface area contributed by atoms with Crippen molar-refractivity contribution in [3.8, 4) is 0 Å². The van der Waals surface area contributed by atoms with Gasteiger partial charge in [-0.05, 0) is 30.9 Å². The van der Waals surface area contributed by atoms with Gasteiger partial charge >= 0.3 is 5.97 Å². The number of carbonyl (C=O) groups excluding carboxylic acids is 2. The number of carbonyl (C=O) groups is 2. The highest BCUT2D eigenvalue weighted by Crippen LogP contribution is 2.20. The zero-order valence-corrected chi connectivity index (χ0v) is 13.5. The van der Waals surface area contributed by atoms with E-state index in [1.54, 1.807) is 13.0 Å². The summed E-state index contributed by atoms with van der Waals surface area (Å²) >= 11 is 1.37. The van der Waals surface area contributed by atoms with Crippen LogP contribution in [0.25, 0.3) is 0 Å². The van der Waals surface area contributed by atoms with E-state index in [1.165, 1.54) is 11.3 Å². The molecule has 2 rings (SSSR count). The van der Waals surface area contributed by atoms with Crippen molar-refractivity contribution in [3.05, 3.63) is 57.8 Å². The van der Waals surface area contributed by atoms with Crippen LogP contribution < -0.4 is 5.32 Å². The lowest BCUT2D eigenvalue weighted by Crippen LogP contribution is -2.30. The van der Waals surface area contributed by atoms with E-state index in [0.29, 0.717) is 11.5 Å². The van der Waals surface area contributed by atoms with E-state index >= 15 is 0 Å². The Morgan fingerprint density at radius 3 is 2.55 bits per heavy atom. The largest absolute Gasteiger partial charge is 0.466 e. The molecule has 0 spiro atoms. The first-order valence-corrected chi connectivity index (χ1v) is 8.04. The summed E-state index contributed by atoms with van der Waals surface area (Å²) in [6, 6.07) is 11.0. The van der Waals surface area contributed by atoms with E-state index in [4.69, 9.17) is 4.74 Å². The molecule has 5 heteroatoms. The highest BCUT2D eigenvalue weighted by molar-refractivity contribution is 7.12. The van der Waals surface area contributed by atoms with Gasteiger partial charge in [0.05, 0.1) is 23.9 Å². The Morgan fingerprint density at radius 1 is 1.23 bits per heavy atom. The van der Waals surface area contributed by atoms with E-state index in [1.807, 2.05) is 42.6 Å². The van der Waals surface area contributed by atoms with E-state index < -0.39 is 6.04 Å². The molecule has 1 N–H and O–H groups in total. The Labute approximate surface area is 134 Å². The van der Waals surface area contributed by atoms with E-state index in [9.17, 15) is 9.59 Å². The number of hydrogen-bond donors (Lipinski definition) is 1. The SMILES string of the molecule is CCOC(=O)C[C@@H](NC(=O)c1cccs1)c1ccc(C)cc1. The minimum atomic E-state index is -0.394. The molecule has 1 aromatic carbocycles. The minimum absolute atomic E-state index is 0.119. The molecule has 0 unspecified atom stereocenters. The molecule has 1 amide bonds. The molecule has 22 heavy (non-hydrogen) atoms. The third kappa shape index (κ3) is 4.43. The molecule has 0 saturated carbocycles. The summed E-state index contributed by atoms with van der Waals surface area (Å²) in [7, 11) is 0. The molecule has 0 aliphatic rings. The first-order chi connectivity index (χ1) is 10.6. The molecule has 0 bridgehead atoms. The second-order valence-electron chi connectivity index (χ2n) is 4.92. The normalized spacial score (nSPS) is 11.7. The maximum absolute atomic E-state index is 12.2. The van der Waals surface area contributed by atoms with Crippen LogP contribution in [0.5, 0.6) is 0 Å². The smallest absolute Gasteiger partial charge is 0.308 e. The summed E-state index contributed by atoms with van der Waals surface area (Å²) in [5, 5.41) is 4.76. The minimum Gasteiger partial charge on any atom is -0.466 e. The lowest BCUT2D eigenvalue weighted by Gasteiger charge is -2.18. The molecular formula is C17H19NO3S. The molecule has 4 nitrogen and oxygen atoms in total. The Kier molecular flexibility index (Phi) is 5.72. The summed E-state index contributed by atoms with van der Waals surface area (Å²) in [6.07, 6.45) is 0.119. The fourth-order valence-corrected chi connectivity index (χ4v) is 2.70. The highest BCUT2D eigenvalue weighted by atomic mass is 32.1. The summed E-state index contributed by atoms with van der Waals surface area (Å²) in [5.41, 5.74) is 2.02. The van der Waals surface area contributed by atoms with Crippen LogP contribution in [0.2, 0.25) is 0 Å². The number of aryl methyl sites for hydroxylation is 1. The monoisotopic (exact) mass is 317 g/mol. The van der Waals surface area contributed by atoms with Gasteiger partial charge in [-0.25, -0.2) is 0 Å². The number of nitrogens with one attached hydrogen (secondary N) is 1. The van der Waals surface area contributed by atoms with Gasteiger partial charge in [0, 0.05) is 0 Å². The average Bonchev–Trinajstić information content (AvgIpc) is 3.02. The second kappa shape index (κ2) is 7.75. The molecule has 0 aliphatic carbocycles. The molecule has 0 radical (unpaired) electrons. The molecule has 1 heterocycles. The zero-order valence-electron chi connectivity index (χ0n) is 12.7. The first kappa shape index (κ1) is 16.2. The van der Waals surface area contributed by atoms with Crippen molar-refractivity contribution in [2.24, 2.45) is 0 Å². The van der Waals surface area contributed by atoms with Gasteiger partial charge in [0.2, 0.25) is 0 Å². The van der Waals surface area contributed by atoms with Gasteiger partial charge in [-0.1, -0.05) is 35.9 Å². The molecule has 0 aliphatic heterocycles. The molecule has 1 atom stereocenters. The number of esters is 1. The van der Waals surface area contributed by atoms with Gasteiger partial charge in [0.25, 0.3) is 5.91 Å². The number of benzene rings is 1. The fourth-order valence-electron chi connectivity index (χ4n) is 2.07. The van der Waals surface area contributed by atoms with Crippen LogP contribution in [0.3, 0.4) is 0 Å². The van der Waals surface area contributed by atoms with Crippen LogP contribution >= 0.6 is 11.3 Å².